The summed E-state index contributed by atoms with van der Waals surface area (Å²) in [7, 11) is 0. The fourth-order valence-corrected chi connectivity index (χ4v) is 2.41. The second kappa shape index (κ2) is 6.11. The molecule has 0 saturated carbocycles. The van der Waals surface area contributed by atoms with Gasteiger partial charge in [-0.25, -0.2) is 0 Å². The first kappa shape index (κ1) is 15.3. The largest absolute Gasteiger partial charge is 0.322 e. The lowest BCUT2D eigenvalue weighted by molar-refractivity contribution is 0.102. The molecule has 2 aromatic carbocycles. The van der Waals surface area contributed by atoms with Gasteiger partial charge in [0.15, 0.2) is 11.4 Å². The van der Waals surface area contributed by atoms with Crippen LogP contribution in [-0.4, -0.2) is 5.91 Å². The molecule has 0 aliphatic heterocycles. The van der Waals surface area contributed by atoms with Crippen LogP contribution in [-0.2, 0) is 0 Å². The van der Waals surface area contributed by atoms with E-state index >= 15 is 0 Å². The Bertz CT molecular complexity index is 815. The Morgan fingerprint density at radius 2 is 1.55 bits per heavy atom. The van der Waals surface area contributed by atoms with Crippen LogP contribution < -0.4 is 5.32 Å². The van der Waals surface area contributed by atoms with Gasteiger partial charge in [0.1, 0.15) is 0 Å². The SMILES string of the molecule is [C-]#[N+]c1ccc(C(=O)Nc2c(C)cc(C)cc2C)cc1[N+]#[C-]. The highest BCUT2D eigenvalue weighted by Gasteiger charge is 2.12. The molecule has 0 spiro atoms. The summed E-state index contributed by atoms with van der Waals surface area (Å²) in [4.78, 5) is 18.9. The van der Waals surface area contributed by atoms with E-state index in [4.69, 9.17) is 13.1 Å². The third-order valence-electron chi connectivity index (χ3n) is 3.39. The third-order valence-corrected chi connectivity index (χ3v) is 3.39. The van der Waals surface area contributed by atoms with Gasteiger partial charge in [0.05, 0.1) is 13.1 Å². The van der Waals surface area contributed by atoms with Crippen LogP contribution in [0.4, 0.5) is 17.1 Å². The topological polar surface area (TPSA) is 37.8 Å². The molecule has 0 aliphatic rings. The summed E-state index contributed by atoms with van der Waals surface area (Å²) in [6, 6.07) is 8.54. The summed E-state index contributed by atoms with van der Waals surface area (Å²) >= 11 is 0. The minimum Gasteiger partial charge on any atom is -0.322 e. The molecule has 108 valence electrons. The quantitative estimate of drug-likeness (QED) is 0.779. The Labute approximate surface area is 130 Å². The van der Waals surface area contributed by atoms with E-state index in [1.807, 2.05) is 32.9 Å². The number of anilines is 1. The smallest absolute Gasteiger partial charge is 0.254 e. The van der Waals surface area contributed by atoms with Crippen molar-refractivity contribution >= 4 is 23.0 Å². The van der Waals surface area contributed by atoms with E-state index in [2.05, 4.69) is 15.0 Å². The van der Waals surface area contributed by atoms with Crippen LogP contribution >= 0.6 is 0 Å². The fraction of sp³-hybridized carbons (Fsp3) is 0.167. The molecule has 0 atom stereocenters. The third kappa shape index (κ3) is 2.97. The maximum absolute atomic E-state index is 12.4. The molecule has 0 aromatic heterocycles. The van der Waals surface area contributed by atoms with Crippen LogP contribution in [0.2, 0.25) is 0 Å². The zero-order valence-corrected chi connectivity index (χ0v) is 12.7. The highest BCUT2D eigenvalue weighted by atomic mass is 16.1. The van der Waals surface area contributed by atoms with E-state index in [0.29, 0.717) is 5.56 Å². The van der Waals surface area contributed by atoms with E-state index in [9.17, 15) is 4.79 Å². The molecular weight excluding hydrogens is 274 g/mol. The molecule has 4 nitrogen and oxygen atoms in total. The number of nitrogens with one attached hydrogen (secondary N) is 1. The average Bonchev–Trinajstić information content (AvgIpc) is 2.49. The molecule has 22 heavy (non-hydrogen) atoms. The molecule has 0 saturated heterocycles. The van der Waals surface area contributed by atoms with E-state index in [1.165, 1.54) is 12.1 Å². The predicted molar refractivity (Wildman–Crippen MR) is 87.6 cm³/mol. The second-order valence-corrected chi connectivity index (χ2v) is 5.15. The summed E-state index contributed by atoms with van der Waals surface area (Å²) < 4.78 is 0. The first-order valence-corrected chi connectivity index (χ1v) is 6.74. The number of carbonyl (C=O) groups excluding carboxylic acids is 1. The maximum atomic E-state index is 12.4. The number of hydrogen-bond acceptors (Lipinski definition) is 1. The summed E-state index contributed by atoms with van der Waals surface area (Å²) in [5.41, 5.74) is 4.74. The van der Waals surface area contributed by atoms with E-state index < -0.39 is 0 Å². The van der Waals surface area contributed by atoms with Gasteiger partial charge in [0, 0.05) is 11.3 Å². The van der Waals surface area contributed by atoms with Crippen molar-refractivity contribution in [3.63, 3.8) is 0 Å². The summed E-state index contributed by atoms with van der Waals surface area (Å²) in [5, 5.41) is 2.89. The Balaban J connectivity index is 2.35. The molecule has 2 rings (SSSR count). The van der Waals surface area contributed by atoms with Gasteiger partial charge in [0.2, 0.25) is 0 Å². The van der Waals surface area contributed by atoms with E-state index in [-0.39, 0.29) is 17.3 Å². The molecule has 1 amide bonds. The molecule has 0 radical (unpaired) electrons. The summed E-state index contributed by atoms with van der Waals surface area (Å²) in [6.07, 6.45) is 0. The van der Waals surface area contributed by atoms with Crippen molar-refractivity contribution in [2.45, 2.75) is 20.8 Å². The number of carbonyl (C=O) groups is 1. The van der Waals surface area contributed by atoms with Crippen molar-refractivity contribution in [3.8, 4) is 0 Å². The lowest BCUT2D eigenvalue weighted by atomic mass is 10.0. The summed E-state index contributed by atoms with van der Waals surface area (Å²) in [6.45, 7) is 20.0. The van der Waals surface area contributed by atoms with Gasteiger partial charge in [-0.3, -0.25) is 14.5 Å². The van der Waals surface area contributed by atoms with E-state index in [0.717, 1.165) is 22.4 Å². The average molecular weight is 289 g/mol. The van der Waals surface area contributed by atoms with Crippen LogP contribution in [0, 0.1) is 33.9 Å². The lowest BCUT2D eigenvalue weighted by Crippen LogP contribution is -2.13. The van der Waals surface area contributed by atoms with Crippen LogP contribution in [0.15, 0.2) is 30.3 Å². The molecule has 0 fully saturated rings. The Kier molecular flexibility index (Phi) is 4.25. The van der Waals surface area contributed by atoms with Crippen LogP contribution in [0.5, 0.6) is 0 Å². The van der Waals surface area contributed by atoms with Gasteiger partial charge >= 0.3 is 0 Å². The fourth-order valence-electron chi connectivity index (χ4n) is 2.41. The first-order valence-electron chi connectivity index (χ1n) is 6.74. The Morgan fingerprint density at radius 3 is 2.09 bits per heavy atom. The molecular formula is C18H15N3O. The zero-order chi connectivity index (χ0) is 16.3. The van der Waals surface area contributed by atoms with Crippen LogP contribution in [0.25, 0.3) is 9.69 Å². The van der Waals surface area contributed by atoms with Crippen molar-refractivity contribution in [2.24, 2.45) is 0 Å². The van der Waals surface area contributed by atoms with Crippen molar-refractivity contribution in [1.82, 2.24) is 0 Å². The van der Waals surface area contributed by atoms with Crippen molar-refractivity contribution in [2.75, 3.05) is 5.32 Å². The number of amides is 1. The number of hydrogen-bond donors (Lipinski definition) is 1. The zero-order valence-electron chi connectivity index (χ0n) is 12.7. The van der Waals surface area contributed by atoms with Crippen LogP contribution in [0.3, 0.4) is 0 Å². The standard InChI is InChI=1S/C18H15N3O/c1-11-8-12(2)17(13(3)9-11)21-18(22)14-6-7-15(19-4)16(10-14)20-5/h6-10H,1-3H3,(H,21,22). The molecule has 0 unspecified atom stereocenters. The van der Waals surface area contributed by atoms with Crippen molar-refractivity contribution in [1.29, 1.82) is 0 Å². The van der Waals surface area contributed by atoms with Gasteiger partial charge in [0.25, 0.3) is 5.91 Å². The Hall–Kier alpha value is -3.11. The predicted octanol–water partition coefficient (Wildman–Crippen LogP) is 4.97. The molecule has 2 aromatic rings. The van der Waals surface area contributed by atoms with Crippen molar-refractivity contribution < 1.29 is 4.79 Å². The monoisotopic (exact) mass is 289 g/mol. The van der Waals surface area contributed by atoms with E-state index in [1.54, 1.807) is 6.07 Å². The molecule has 1 N–H and O–H groups in total. The van der Waals surface area contributed by atoms with Crippen LogP contribution in [0.1, 0.15) is 27.0 Å². The summed E-state index contributed by atoms with van der Waals surface area (Å²) in [5.74, 6) is -0.281. The molecule has 4 heteroatoms. The van der Waals surface area contributed by atoms with Gasteiger partial charge < -0.3 is 5.32 Å². The molecule has 0 aliphatic carbocycles. The highest BCUT2D eigenvalue weighted by molar-refractivity contribution is 6.06. The van der Waals surface area contributed by atoms with Gasteiger partial charge in [-0.2, -0.15) is 0 Å². The van der Waals surface area contributed by atoms with Gasteiger partial charge in [-0.1, -0.05) is 35.9 Å². The maximum Gasteiger partial charge on any atom is 0.254 e. The lowest BCUT2D eigenvalue weighted by Gasteiger charge is -2.13. The molecule has 0 bridgehead atoms. The normalized spacial score (nSPS) is 9.68. The van der Waals surface area contributed by atoms with Gasteiger partial charge in [-0.15, -0.1) is 0 Å². The minimum absolute atomic E-state index is 0.194. The number of aryl methyl sites for hydroxylation is 3. The highest BCUT2D eigenvalue weighted by Crippen LogP contribution is 2.30. The first-order chi connectivity index (χ1) is 10.5. The van der Waals surface area contributed by atoms with Gasteiger partial charge in [-0.05, 0) is 31.9 Å². The second-order valence-electron chi connectivity index (χ2n) is 5.15. The Morgan fingerprint density at radius 1 is 0.955 bits per heavy atom. The molecule has 0 heterocycles. The number of nitrogens with zero attached hydrogens (tertiary/aromatic N) is 2. The number of benzene rings is 2. The minimum atomic E-state index is -0.281. The number of rotatable bonds is 2. The van der Waals surface area contributed by atoms with Crippen molar-refractivity contribution in [3.05, 3.63) is 75.4 Å².